The van der Waals surface area contributed by atoms with Gasteiger partial charge in [-0.25, -0.2) is 12.8 Å². The molecule has 0 aromatic heterocycles. The summed E-state index contributed by atoms with van der Waals surface area (Å²) in [5.41, 5.74) is 0. The molecule has 0 saturated carbocycles. The molecule has 0 aliphatic carbocycles. The zero-order valence-electron chi connectivity index (χ0n) is 9.69. The first-order valence-electron chi connectivity index (χ1n) is 5.48. The summed E-state index contributed by atoms with van der Waals surface area (Å²) < 4.78 is 37.8. The van der Waals surface area contributed by atoms with Crippen molar-refractivity contribution in [2.75, 3.05) is 6.54 Å². The van der Waals surface area contributed by atoms with Gasteiger partial charge in [-0.2, -0.15) is 4.31 Å². The number of nitrogens with zero attached hydrogens (tertiary/aromatic N) is 1. The molecule has 1 aromatic rings. The molecule has 2 atom stereocenters. The van der Waals surface area contributed by atoms with Gasteiger partial charge >= 0.3 is 0 Å². The molecule has 1 aliphatic rings. The first kappa shape index (κ1) is 13.9. The zero-order chi connectivity index (χ0) is 14.2. The average molecular weight is 288 g/mol. The standard InChI is InChI=1S/C11H12FNO5S/c12-7-1-3-9(4-2-7)19(17,18)13-6-8(14)5-10(13)11(15)16/h1-4,8,10,14H,5-6H2,(H,15,16)/p-1/t8-,10-/m0/s1. The van der Waals surface area contributed by atoms with Crippen LogP contribution in [0.1, 0.15) is 6.42 Å². The van der Waals surface area contributed by atoms with E-state index >= 15 is 0 Å². The number of rotatable bonds is 3. The third-order valence-electron chi connectivity index (χ3n) is 2.93. The molecule has 19 heavy (non-hydrogen) atoms. The molecule has 1 aromatic carbocycles. The van der Waals surface area contributed by atoms with Crippen LogP contribution in [0, 0.1) is 5.82 Å². The molecule has 1 saturated heterocycles. The average Bonchev–Trinajstić information content (AvgIpc) is 2.73. The fourth-order valence-electron chi connectivity index (χ4n) is 2.01. The molecule has 0 amide bonds. The Kier molecular flexibility index (Phi) is 3.57. The highest BCUT2D eigenvalue weighted by atomic mass is 32.2. The Morgan fingerprint density at radius 2 is 1.95 bits per heavy atom. The Balaban J connectivity index is 2.38. The largest absolute Gasteiger partial charge is 0.548 e. The summed E-state index contributed by atoms with van der Waals surface area (Å²) in [5, 5.41) is 20.3. The maximum Gasteiger partial charge on any atom is 0.243 e. The van der Waals surface area contributed by atoms with Gasteiger partial charge in [0.05, 0.1) is 23.0 Å². The van der Waals surface area contributed by atoms with Crippen molar-refractivity contribution in [2.24, 2.45) is 0 Å². The van der Waals surface area contributed by atoms with Crippen LogP contribution in [0.4, 0.5) is 4.39 Å². The van der Waals surface area contributed by atoms with E-state index in [1.807, 2.05) is 0 Å². The maximum absolute atomic E-state index is 12.8. The number of carboxylic acid groups (broad SMARTS) is 1. The lowest BCUT2D eigenvalue weighted by molar-refractivity contribution is -0.309. The minimum atomic E-state index is -4.10. The molecule has 1 heterocycles. The van der Waals surface area contributed by atoms with Crippen molar-refractivity contribution < 1.29 is 27.8 Å². The van der Waals surface area contributed by atoms with Crippen molar-refractivity contribution in [3.63, 3.8) is 0 Å². The van der Waals surface area contributed by atoms with E-state index in [-0.39, 0.29) is 17.9 Å². The topological polar surface area (TPSA) is 97.7 Å². The third kappa shape index (κ3) is 2.60. The van der Waals surface area contributed by atoms with E-state index in [2.05, 4.69) is 0 Å². The van der Waals surface area contributed by atoms with Gasteiger partial charge in [-0.15, -0.1) is 0 Å². The number of β-amino-alcohol motifs (C(OH)–C–C–N with tert-alkyl or cyclic N) is 1. The van der Waals surface area contributed by atoms with E-state index < -0.39 is 34.0 Å². The minimum absolute atomic E-state index is 0.219. The van der Waals surface area contributed by atoms with Crippen LogP contribution < -0.4 is 5.11 Å². The fraction of sp³-hybridized carbons (Fsp3) is 0.364. The lowest BCUT2D eigenvalue weighted by Crippen LogP contribution is -2.46. The van der Waals surface area contributed by atoms with Crippen LogP contribution in [-0.4, -0.2) is 42.5 Å². The fourth-order valence-corrected chi connectivity index (χ4v) is 3.63. The molecule has 0 spiro atoms. The second kappa shape index (κ2) is 4.87. The molecule has 104 valence electrons. The van der Waals surface area contributed by atoms with Crippen molar-refractivity contribution in [3.05, 3.63) is 30.1 Å². The monoisotopic (exact) mass is 288 g/mol. The summed E-state index contributed by atoms with van der Waals surface area (Å²) in [6.45, 7) is -0.321. The number of carbonyl (C=O) groups is 1. The number of sulfonamides is 1. The second-order valence-electron chi connectivity index (χ2n) is 4.25. The zero-order valence-corrected chi connectivity index (χ0v) is 10.5. The Morgan fingerprint density at radius 3 is 2.47 bits per heavy atom. The van der Waals surface area contributed by atoms with Crippen LogP contribution in [0.25, 0.3) is 0 Å². The smallest absolute Gasteiger partial charge is 0.243 e. The van der Waals surface area contributed by atoms with Crippen molar-refractivity contribution in [1.82, 2.24) is 4.31 Å². The number of carbonyl (C=O) groups excluding carboxylic acids is 1. The third-order valence-corrected chi connectivity index (χ3v) is 4.81. The van der Waals surface area contributed by atoms with Gasteiger partial charge in [0.15, 0.2) is 0 Å². The van der Waals surface area contributed by atoms with Gasteiger partial charge in [-0.05, 0) is 30.7 Å². The molecule has 0 radical (unpaired) electrons. The number of hydrogen-bond donors (Lipinski definition) is 1. The van der Waals surface area contributed by atoms with Crippen molar-refractivity contribution >= 4 is 16.0 Å². The Bertz CT molecular complexity index is 586. The van der Waals surface area contributed by atoms with E-state index in [1.54, 1.807) is 0 Å². The molecule has 6 nitrogen and oxygen atoms in total. The minimum Gasteiger partial charge on any atom is -0.548 e. The van der Waals surface area contributed by atoms with E-state index in [9.17, 15) is 27.8 Å². The van der Waals surface area contributed by atoms with Gasteiger partial charge in [0, 0.05) is 6.54 Å². The lowest BCUT2D eigenvalue weighted by Gasteiger charge is -2.24. The summed E-state index contributed by atoms with van der Waals surface area (Å²) in [4.78, 5) is 10.7. The van der Waals surface area contributed by atoms with Gasteiger partial charge < -0.3 is 15.0 Å². The highest BCUT2D eigenvalue weighted by molar-refractivity contribution is 7.89. The van der Waals surface area contributed by atoms with Gasteiger partial charge in [0.2, 0.25) is 10.0 Å². The normalized spacial score (nSPS) is 24.5. The second-order valence-corrected chi connectivity index (χ2v) is 6.14. The molecule has 1 N–H and O–H groups in total. The van der Waals surface area contributed by atoms with E-state index in [0.717, 1.165) is 24.3 Å². The number of carboxylic acids is 1. The maximum atomic E-state index is 12.8. The quantitative estimate of drug-likeness (QED) is 0.745. The van der Waals surface area contributed by atoms with Gasteiger partial charge in [-0.1, -0.05) is 0 Å². The van der Waals surface area contributed by atoms with Crippen LogP contribution in [0.5, 0.6) is 0 Å². The van der Waals surface area contributed by atoms with Crippen molar-refractivity contribution in [3.8, 4) is 0 Å². The van der Waals surface area contributed by atoms with Crippen molar-refractivity contribution in [1.29, 1.82) is 0 Å². The van der Waals surface area contributed by atoms with Crippen LogP contribution >= 0.6 is 0 Å². The molecule has 1 aliphatic heterocycles. The first-order valence-corrected chi connectivity index (χ1v) is 6.92. The summed E-state index contributed by atoms with van der Waals surface area (Å²) >= 11 is 0. The molecule has 8 heteroatoms. The predicted molar refractivity (Wildman–Crippen MR) is 59.7 cm³/mol. The predicted octanol–water partition coefficient (Wildman–Crippen LogP) is -1.30. The summed E-state index contributed by atoms with van der Waals surface area (Å²) in [5.74, 6) is -2.17. The molecule has 0 unspecified atom stereocenters. The number of benzene rings is 1. The number of hydrogen-bond acceptors (Lipinski definition) is 5. The Labute approximate surface area is 109 Å². The van der Waals surface area contributed by atoms with E-state index in [0.29, 0.717) is 4.31 Å². The lowest BCUT2D eigenvalue weighted by atomic mass is 10.2. The van der Waals surface area contributed by atoms with Crippen LogP contribution in [0.3, 0.4) is 0 Å². The van der Waals surface area contributed by atoms with Crippen LogP contribution in [0.15, 0.2) is 29.2 Å². The summed E-state index contributed by atoms with van der Waals surface area (Å²) in [6.07, 6.45) is -1.28. The van der Waals surface area contributed by atoms with Gasteiger partial charge in [0.25, 0.3) is 0 Å². The summed E-state index contributed by atoms with van der Waals surface area (Å²) in [6, 6.07) is 2.61. The molecular weight excluding hydrogens is 277 g/mol. The number of aliphatic hydroxyl groups is 1. The summed E-state index contributed by atoms with van der Waals surface area (Å²) in [7, 11) is -4.10. The first-order chi connectivity index (χ1) is 8.82. The Morgan fingerprint density at radius 1 is 1.37 bits per heavy atom. The SMILES string of the molecule is O=C([O-])[C@@H]1C[C@H](O)CN1S(=O)(=O)c1ccc(F)cc1. The van der Waals surface area contributed by atoms with Crippen LogP contribution in [0.2, 0.25) is 0 Å². The Hall–Kier alpha value is -1.51. The van der Waals surface area contributed by atoms with Gasteiger partial charge in [-0.3, -0.25) is 0 Å². The molecule has 1 fully saturated rings. The molecule has 2 rings (SSSR count). The molecular formula is C11H11FNO5S-. The number of aliphatic hydroxyl groups excluding tert-OH is 1. The van der Waals surface area contributed by atoms with Crippen molar-refractivity contribution in [2.45, 2.75) is 23.5 Å². The highest BCUT2D eigenvalue weighted by Crippen LogP contribution is 2.26. The van der Waals surface area contributed by atoms with Gasteiger partial charge in [0.1, 0.15) is 5.82 Å². The number of halogens is 1. The highest BCUT2D eigenvalue weighted by Gasteiger charge is 2.40. The van der Waals surface area contributed by atoms with E-state index in [1.165, 1.54) is 0 Å². The molecule has 0 bridgehead atoms. The number of aliphatic carboxylic acids is 1. The van der Waals surface area contributed by atoms with Crippen LogP contribution in [-0.2, 0) is 14.8 Å². The van der Waals surface area contributed by atoms with E-state index in [4.69, 9.17) is 0 Å².